The highest BCUT2D eigenvalue weighted by Crippen LogP contribution is 2.22. The SMILES string of the molecule is CCN1CCN(CCC(=O)C2Cc3ccsc3CN2)CC1. The van der Waals surface area contributed by atoms with E-state index in [1.54, 1.807) is 11.3 Å². The maximum atomic E-state index is 12.4. The van der Waals surface area contributed by atoms with Crippen LogP contribution in [0.1, 0.15) is 23.8 Å². The molecule has 5 heteroatoms. The summed E-state index contributed by atoms with van der Waals surface area (Å²) in [5, 5.41) is 5.53. The number of piperazine rings is 1. The summed E-state index contributed by atoms with van der Waals surface area (Å²) < 4.78 is 0. The predicted molar refractivity (Wildman–Crippen MR) is 86.8 cm³/mol. The van der Waals surface area contributed by atoms with Gasteiger partial charge in [-0.2, -0.15) is 0 Å². The van der Waals surface area contributed by atoms with Gasteiger partial charge in [0.15, 0.2) is 5.78 Å². The molecule has 0 amide bonds. The molecule has 1 atom stereocenters. The third-order valence-corrected chi connectivity index (χ3v) is 5.71. The van der Waals surface area contributed by atoms with E-state index in [1.807, 2.05) is 0 Å². The zero-order valence-corrected chi connectivity index (χ0v) is 13.6. The van der Waals surface area contributed by atoms with E-state index in [4.69, 9.17) is 0 Å². The highest BCUT2D eigenvalue weighted by Gasteiger charge is 2.25. The van der Waals surface area contributed by atoms with Crippen molar-refractivity contribution in [3.63, 3.8) is 0 Å². The summed E-state index contributed by atoms with van der Waals surface area (Å²) in [7, 11) is 0. The molecule has 3 heterocycles. The van der Waals surface area contributed by atoms with Crippen molar-refractivity contribution in [3.05, 3.63) is 21.9 Å². The van der Waals surface area contributed by atoms with E-state index in [0.29, 0.717) is 12.2 Å². The Labute approximate surface area is 131 Å². The van der Waals surface area contributed by atoms with Crippen LogP contribution in [0.2, 0.25) is 0 Å². The van der Waals surface area contributed by atoms with Crippen LogP contribution in [0.25, 0.3) is 0 Å². The van der Waals surface area contributed by atoms with Crippen molar-refractivity contribution in [1.29, 1.82) is 0 Å². The molecule has 21 heavy (non-hydrogen) atoms. The number of likely N-dealkylation sites (N-methyl/N-ethyl adjacent to an activating group) is 1. The Balaban J connectivity index is 1.43. The zero-order valence-electron chi connectivity index (χ0n) is 12.8. The molecule has 0 aliphatic carbocycles. The number of hydrogen-bond donors (Lipinski definition) is 1. The number of ketones is 1. The highest BCUT2D eigenvalue weighted by atomic mass is 32.1. The Kier molecular flexibility index (Phi) is 5.06. The van der Waals surface area contributed by atoms with Gasteiger partial charge in [-0.05, 0) is 30.0 Å². The molecule has 1 fully saturated rings. The zero-order chi connectivity index (χ0) is 14.7. The number of Topliss-reactive ketones (excluding diaryl/α,β-unsaturated/α-hetero) is 1. The number of nitrogens with one attached hydrogen (secondary N) is 1. The summed E-state index contributed by atoms with van der Waals surface area (Å²) in [4.78, 5) is 18.7. The number of nitrogens with zero attached hydrogens (tertiary/aromatic N) is 2. The van der Waals surface area contributed by atoms with Gasteiger partial charge in [0.1, 0.15) is 0 Å². The Bertz CT molecular complexity index is 480. The molecule has 0 saturated carbocycles. The second-order valence-electron chi connectivity index (χ2n) is 6.00. The smallest absolute Gasteiger partial charge is 0.151 e. The Morgan fingerprint density at radius 2 is 2.10 bits per heavy atom. The summed E-state index contributed by atoms with van der Waals surface area (Å²) in [5.74, 6) is 0.379. The summed E-state index contributed by atoms with van der Waals surface area (Å²) in [6, 6.07) is 2.20. The molecule has 0 aromatic carbocycles. The normalized spacial score (nSPS) is 24.0. The molecule has 1 saturated heterocycles. The number of carbonyl (C=O) groups is 1. The van der Waals surface area contributed by atoms with Gasteiger partial charge in [-0.3, -0.25) is 4.79 Å². The van der Waals surface area contributed by atoms with E-state index < -0.39 is 0 Å². The second kappa shape index (κ2) is 7.01. The van der Waals surface area contributed by atoms with Crippen LogP contribution in [-0.4, -0.2) is 60.9 Å². The Hall–Kier alpha value is -0.750. The van der Waals surface area contributed by atoms with E-state index in [-0.39, 0.29) is 6.04 Å². The largest absolute Gasteiger partial charge is 0.302 e. The second-order valence-corrected chi connectivity index (χ2v) is 7.00. The van der Waals surface area contributed by atoms with Crippen molar-refractivity contribution < 1.29 is 4.79 Å². The van der Waals surface area contributed by atoms with Crippen LogP contribution in [0.4, 0.5) is 0 Å². The first-order valence-corrected chi connectivity index (χ1v) is 8.90. The minimum absolute atomic E-state index is 0.0315. The van der Waals surface area contributed by atoms with Gasteiger partial charge < -0.3 is 15.1 Å². The molecule has 3 rings (SSSR count). The summed E-state index contributed by atoms with van der Waals surface area (Å²) >= 11 is 1.79. The van der Waals surface area contributed by atoms with E-state index in [1.165, 1.54) is 10.4 Å². The minimum Gasteiger partial charge on any atom is -0.302 e. The first-order valence-electron chi connectivity index (χ1n) is 8.02. The van der Waals surface area contributed by atoms with Crippen LogP contribution in [0.15, 0.2) is 11.4 Å². The summed E-state index contributed by atoms with van der Waals surface area (Å²) in [6.45, 7) is 9.63. The fourth-order valence-electron chi connectivity index (χ4n) is 3.21. The van der Waals surface area contributed by atoms with Crippen LogP contribution in [0.3, 0.4) is 0 Å². The topological polar surface area (TPSA) is 35.6 Å². The first-order chi connectivity index (χ1) is 10.3. The molecule has 0 radical (unpaired) electrons. The van der Waals surface area contributed by atoms with Crippen molar-refractivity contribution in [2.45, 2.75) is 32.4 Å². The molecule has 2 aliphatic rings. The number of hydrogen-bond acceptors (Lipinski definition) is 5. The lowest BCUT2D eigenvalue weighted by molar-refractivity contribution is -0.121. The van der Waals surface area contributed by atoms with Crippen LogP contribution in [-0.2, 0) is 17.8 Å². The molecule has 4 nitrogen and oxygen atoms in total. The van der Waals surface area contributed by atoms with Gasteiger partial charge in [0.25, 0.3) is 0 Å². The van der Waals surface area contributed by atoms with Crippen molar-refractivity contribution in [1.82, 2.24) is 15.1 Å². The number of thiophene rings is 1. The first kappa shape index (κ1) is 15.2. The monoisotopic (exact) mass is 307 g/mol. The quantitative estimate of drug-likeness (QED) is 0.891. The van der Waals surface area contributed by atoms with E-state index >= 15 is 0 Å². The Morgan fingerprint density at radius 1 is 1.33 bits per heavy atom. The van der Waals surface area contributed by atoms with Crippen LogP contribution >= 0.6 is 11.3 Å². The molecule has 116 valence electrons. The van der Waals surface area contributed by atoms with Gasteiger partial charge in [-0.15, -0.1) is 11.3 Å². The lowest BCUT2D eigenvalue weighted by Crippen LogP contribution is -2.47. The van der Waals surface area contributed by atoms with Crippen molar-refractivity contribution in [2.24, 2.45) is 0 Å². The van der Waals surface area contributed by atoms with E-state index in [2.05, 4.69) is 33.5 Å². The maximum Gasteiger partial charge on any atom is 0.151 e. The molecule has 0 spiro atoms. The Morgan fingerprint density at radius 3 is 2.86 bits per heavy atom. The fourth-order valence-corrected chi connectivity index (χ4v) is 4.08. The predicted octanol–water partition coefficient (Wildman–Crippen LogP) is 1.36. The lowest BCUT2D eigenvalue weighted by atomic mass is 9.97. The van der Waals surface area contributed by atoms with Gasteiger partial charge in [0.2, 0.25) is 0 Å². The molecule has 1 unspecified atom stereocenters. The summed E-state index contributed by atoms with van der Waals surface area (Å²) in [6.07, 6.45) is 1.56. The number of carbonyl (C=O) groups excluding carboxylic acids is 1. The van der Waals surface area contributed by atoms with E-state index in [0.717, 1.165) is 52.2 Å². The average Bonchev–Trinajstić information content (AvgIpc) is 3.00. The molecular formula is C16H25N3OS. The minimum atomic E-state index is 0.0315. The standard InChI is InChI=1S/C16H25N3OS/c1-2-18-6-8-19(9-7-18)5-3-15(20)14-11-13-4-10-21-16(13)12-17-14/h4,10,14,17H,2-3,5-9,11-12H2,1H3. The molecule has 1 aromatic heterocycles. The maximum absolute atomic E-state index is 12.4. The third kappa shape index (κ3) is 3.72. The highest BCUT2D eigenvalue weighted by molar-refractivity contribution is 7.10. The number of rotatable bonds is 5. The molecule has 1 aromatic rings. The van der Waals surface area contributed by atoms with Crippen molar-refractivity contribution >= 4 is 17.1 Å². The third-order valence-electron chi connectivity index (χ3n) is 4.75. The lowest BCUT2D eigenvalue weighted by Gasteiger charge is -2.34. The van der Waals surface area contributed by atoms with Crippen LogP contribution < -0.4 is 5.32 Å². The van der Waals surface area contributed by atoms with Gasteiger partial charge in [0.05, 0.1) is 6.04 Å². The van der Waals surface area contributed by atoms with Gasteiger partial charge in [-0.1, -0.05) is 6.92 Å². The summed E-state index contributed by atoms with van der Waals surface area (Å²) in [5.41, 5.74) is 1.37. The van der Waals surface area contributed by atoms with Gasteiger partial charge >= 0.3 is 0 Å². The van der Waals surface area contributed by atoms with Gasteiger partial charge in [-0.25, -0.2) is 0 Å². The van der Waals surface area contributed by atoms with E-state index in [9.17, 15) is 4.79 Å². The van der Waals surface area contributed by atoms with Crippen LogP contribution in [0.5, 0.6) is 0 Å². The molecule has 0 bridgehead atoms. The van der Waals surface area contributed by atoms with Crippen molar-refractivity contribution in [3.8, 4) is 0 Å². The molecular weight excluding hydrogens is 282 g/mol. The van der Waals surface area contributed by atoms with Crippen LogP contribution in [0, 0.1) is 0 Å². The van der Waals surface area contributed by atoms with Gasteiger partial charge in [0, 0.05) is 50.6 Å². The molecule has 1 N–H and O–H groups in total. The molecule has 2 aliphatic heterocycles. The number of fused-ring (bicyclic) bond motifs is 1. The van der Waals surface area contributed by atoms with Crippen molar-refractivity contribution in [2.75, 3.05) is 39.3 Å². The average molecular weight is 307 g/mol. The fraction of sp³-hybridized carbons (Fsp3) is 0.688.